The summed E-state index contributed by atoms with van der Waals surface area (Å²) < 4.78 is 0. The molecule has 73 valence electrons. The van der Waals surface area contributed by atoms with Gasteiger partial charge in [-0.25, -0.2) is 0 Å². The van der Waals surface area contributed by atoms with Gasteiger partial charge in [0.1, 0.15) is 0 Å². The molecule has 0 rings (SSSR count). The summed E-state index contributed by atoms with van der Waals surface area (Å²) in [6.07, 6.45) is 1.11. The minimum Gasteiger partial charge on any atom is -0.317 e. The molecule has 3 heteroatoms. The van der Waals surface area contributed by atoms with Gasteiger partial charge in [0.2, 0.25) is 0 Å². The van der Waals surface area contributed by atoms with Crippen LogP contribution in [-0.4, -0.2) is 33.2 Å². The minimum absolute atomic E-state index is 0.456. The lowest BCUT2D eigenvalue weighted by Crippen LogP contribution is -2.41. The largest absolute Gasteiger partial charge is 0.317 e. The van der Waals surface area contributed by atoms with E-state index >= 15 is 0 Å². The summed E-state index contributed by atoms with van der Waals surface area (Å²) in [4.78, 5) is 0. The van der Waals surface area contributed by atoms with Crippen LogP contribution in [-0.2, 0) is 0 Å². The molecule has 0 saturated heterocycles. The molecule has 0 saturated carbocycles. The van der Waals surface area contributed by atoms with Gasteiger partial charge < -0.3 is 16.0 Å². The summed E-state index contributed by atoms with van der Waals surface area (Å²) in [7, 11) is 5.95. The summed E-state index contributed by atoms with van der Waals surface area (Å²) in [6, 6.07) is 2.29. The van der Waals surface area contributed by atoms with Gasteiger partial charge in [-0.05, 0) is 41.4 Å². The van der Waals surface area contributed by atoms with Crippen LogP contribution in [0.3, 0.4) is 0 Å². The first-order valence-corrected chi connectivity index (χ1v) is 4.51. The molecule has 0 aromatic heterocycles. The maximum absolute atomic E-state index is 3.28. The maximum atomic E-state index is 3.28. The Hall–Kier alpha value is -0.120. The number of hydrogen-bond donors (Lipinski definition) is 3. The van der Waals surface area contributed by atoms with Crippen LogP contribution in [0.1, 0.15) is 20.3 Å². The van der Waals surface area contributed by atoms with Crippen molar-refractivity contribution >= 4 is 0 Å². The van der Waals surface area contributed by atoms with Gasteiger partial charge in [0.25, 0.3) is 0 Å². The standard InChI is InChI=1S/C9H22N3/c1-7(10-3)6-9(12-5)8(2)11-4/h7,9-12H,6H2,1-5H3. The molecule has 0 amide bonds. The lowest BCUT2D eigenvalue weighted by atomic mass is 10.0. The third-order valence-corrected chi connectivity index (χ3v) is 2.35. The van der Waals surface area contributed by atoms with Crippen molar-refractivity contribution in [2.24, 2.45) is 0 Å². The zero-order valence-electron chi connectivity index (χ0n) is 8.86. The summed E-state index contributed by atoms with van der Waals surface area (Å²) in [5.41, 5.74) is 0. The van der Waals surface area contributed by atoms with E-state index in [1.54, 1.807) is 0 Å². The third-order valence-electron chi connectivity index (χ3n) is 2.35. The smallest absolute Gasteiger partial charge is 0.0501 e. The molecule has 0 bridgehead atoms. The molecule has 12 heavy (non-hydrogen) atoms. The Morgan fingerprint density at radius 1 is 1.17 bits per heavy atom. The van der Waals surface area contributed by atoms with Gasteiger partial charge in [0, 0.05) is 12.1 Å². The van der Waals surface area contributed by atoms with Crippen molar-refractivity contribution in [3.8, 4) is 0 Å². The van der Waals surface area contributed by atoms with E-state index < -0.39 is 0 Å². The molecule has 3 N–H and O–H groups in total. The maximum Gasteiger partial charge on any atom is 0.0501 e. The Balaban J connectivity index is 3.81. The molecule has 0 aromatic carbocycles. The van der Waals surface area contributed by atoms with Crippen LogP contribution in [0.4, 0.5) is 0 Å². The van der Waals surface area contributed by atoms with E-state index in [0.29, 0.717) is 12.1 Å². The van der Waals surface area contributed by atoms with Crippen LogP contribution in [0.15, 0.2) is 0 Å². The van der Waals surface area contributed by atoms with Crippen molar-refractivity contribution in [1.29, 1.82) is 0 Å². The average molecular weight is 172 g/mol. The fourth-order valence-electron chi connectivity index (χ4n) is 1.16. The molecule has 2 atom stereocenters. The first-order valence-electron chi connectivity index (χ1n) is 4.51. The topological polar surface area (TPSA) is 36.1 Å². The highest BCUT2D eigenvalue weighted by Crippen LogP contribution is 2.07. The predicted molar refractivity (Wildman–Crippen MR) is 54.0 cm³/mol. The van der Waals surface area contributed by atoms with E-state index in [1.165, 1.54) is 6.04 Å². The number of hydrogen-bond acceptors (Lipinski definition) is 3. The molecule has 0 aliphatic carbocycles. The molecule has 0 spiro atoms. The van der Waals surface area contributed by atoms with Crippen molar-refractivity contribution in [2.45, 2.75) is 32.4 Å². The molecule has 1 radical (unpaired) electrons. The second kappa shape index (κ2) is 6.40. The fraction of sp³-hybridized carbons (Fsp3) is 0.889. The van der Waals surface area contributed by atoms with Crippen LogP contribution >= 0.6 is 0 Å². The van der Waals surface area contributed by atoms with Gasteiger partial charge in [0.15, 0.2) is 0 Å². The Morgan fingerprint density at radius 3 is 2.08 bits per heavy atom. The van der Waals surface area contributed by atoms with Crippen molar-refractivity contribution in [2.75, 3.05) is 21.1 Å². The lowest BCUT2D eigenvalue weighted by molar-refractivity contribution is 0.434. The Labute approximate surface area is 76.3 Å². The Bertz CT molecular complexity index is 106. The highest BCUT2D eigenvalue weighted by Gasteiger charge is 2.16. The van der Waals surface area contributed by atoms with Crippen LogP contribution in [0.25, 0.3) is 0 Å². The number of likely N-dealkylation sites (N-methyl/N-ethyl adjacent to an activating group) is 2. The SMILES string of the molecule is CN[C](C)C(CC(C)NC)NC. The highest BCUT2D eigenvalue weighted by atomic mass is 15.0. The molecular formula is C9H22N3. The normalized spacial score (nSPS) is 16.5. The van der Waals surface area contributed by atoms with Crippen molar-refractivity contribution in [3.63, 3.8) is 0 Å². The second-order valence-electron chi connectivity index (χ2n) is 3.20. The molecule has 0 heterocycles. The van der Waals surface area contributed by atoms with E-state index in [2.05, 4.69) is 29.8 Å². The summed E-state index contributed by atoms with van der Waals surface area (Å²) in [5.74, 6) is 0. The molecule has 0 aromatic rings. The van der Waals surface area contributed by atoms with Crippen LogP contribution in [0.2, 0.25) is 0 Å². The van der Waals surface area contributed by atoms with E-state index in [-0.39, 0.29) is 0 Å². The van der Waals surface area contributed by atoms with Gasteiger partial charge in [-0.1, -0.05) is 0 Å². The molecule has 2 unspecified atom stereocenters. The van der Waals surface area contributed by atoms with E-state index in [0.717, 1.165) is 6.42 Å². The van der Waals surface area contributed by atoms with Gasteiger partial charge in [0.05, 0.1) is 6.04 Å². The van der Waals surface area contributed by atoms with Gasteiger partial charge in [-0.2, -0.15) is 0 Å². The van der Waals surface area contributed by atoms with Crippen molar-refractivity contribution in [3.05, 3.63) is 6.04 Å². The van der Waals surface area contributed by atoms with Crippen molar-refractivity contribution < 1.29 is 0 Å². The monoisotopic (exact) mass is 172 g/mol. The summed E-state index contributed by atoms with van der Waals surface area (Å²) >= 11 is 0. The second-order valence-corrected chi connectivity index (χ2v) is 3.20. The summed E-state index contributed by atoms with van der Waals surface area (Å²) in [5, 5.41) is 9.68. The average Bonchev–Trinajstić information content (AvgIpc) is 2.12. The Morgan fingerprint density at radius 2 is 1.75 bits per heavy atom. The number of nitrogens with one attached hydrogen (secondary N) is 3. The molecule has 0 aliphatic rings. The van der Waals surface area contributed by atoms with Crippen LogP contribution in [0, 0.1) is 6.04 Å². The first kappa shape index (κ1) is 11.9. The third kappa shape index (κ3) is 4.04. The molecule has 0 aliphatic heterocycles. The highest BCUT2D eigenvalue weighted by molar-refractivity contribution is 4.94. The molecular weight excluding hydrogens is 150 g/mol. The quantitative estimate of drug-likeness (QED) is 0.541. The van der Waals surface area contributed by atoms with E-state index in [4.69, 9.17) is 0 Å². The molecule has 3 nitrogen and oxygen atoms in total. The number of rotatable bonds is 6. The van der Waals surface area contributed by atoms with E-state index in [1.807, 2.05) is 21.1 Å². The molecule has 0 fully saturated rings. The van der Waals surface area contributed by atoms with Crippen LogP contribution < -0.4 is 16.0 Å². The van der Waals surface area contributed by atoms with E-state index in [9.17, 15) is 0 Å². The van der Waals surface area contributed by atoms with Crippen LogP contribution in [0.5, 0.6) is 0 Å². The minimum atomic E-state index is 0.456. The van der Waals surface area contributed by atoms with Gasteiger partial charge in [-0.3, -0.25) is 0 Å². The van der Waals surface area contributed by atoms with Gasteiger partial charge >= 0.3 is 0 Å². The zero-order valence-corrected chi connectivity index (χ0v) is 8.86. The Kier molecular flexibility index (Phi) is 6.34. The van der Waals surface area contributed by atoms with Crippen molar-refractivity contribution in [1.82, 2.24) is 16.0 Å². The predicted octanol–water partition coefficient (Wildman–Crippen LogP) is 0.344. The summed E-state index contributed by atoms with van der Waals surface area (Å²) in [6.45, 7) is 4.30. The van der Waals surface area contributed by atoms with Gasteiger partial charge in [-0.15, -0.1) is 0 Å². The fourth-order valence-corrected chi connectivity index (χ4v) is 1.16. The first-order chi connectivity index (χ1) is 5.65. The lowest BCUT2D eigenvalue weighted by Gasteiger charge is -2.25. The zero-order chi connectivity index (χ0) is 9.56.